The van der Waals surface area contributed by atoms with Crippen molar-refractivity contribution in [1.82, 2.24) is 0 Å². The van der Waals surface area contributed by atoms with Crippen molar-refractivity contribution in [2.75, 3.05) is 12.4 Å². The Morgan fingerprint density at radius 2 is 2.00 bits per heavy atom. The van der Waals surface area contributed by atoms with E-state index in [4.69, 9.17) is 4.74 Å². The molecule has 0 heterocycles. The Bertz CT molecular complexity index is 677. The monoisotopic (exact) mass is 294 g/mol. The first-order chi connectivity index (χ1) is 10.0. The van der Waals surface area contributed by atoms with Gasteiger partial charge in [0, 0.05) is 23.9 Å². The Balaban J connectivity index is 2.18. The van der Waals surface area contributed by atoms with Crippen LogP contribution in [-0.2, 0) is 6.54 Å². The molecule has 0 aromatic heterocycles. The second-order valence-corrected chi connectivity index (χ2v) is 4.23. The van der Waals surface area contributed by atoms with Gasteiger partial charge >= 0.3 is 5.69 Å². The van der Waals surface area contributed by atoms with Crippen LogP contribution in [-0.4, -0.2) is 12.0 Å². The van der Waals surface area contributed by atoms with Crippen LogP contribution in [0, 0.1) is 21.7 Å². The van der Waals surface area contributed by atoms with Crippen molar-refractivity contribution in [3.63, 3.8) is 0 Å². The van der Waals surface area contributed by atoms with E-state index in [0.717, 1.165) is 18.2 Å². The molecule has 1 N–H and O–H groups in total. The molecule has 21 heavy (non-hydrogen) atoms. The molecule has 0 aliphatic heterocycles. The first-order valence-electron chi connectivity index (χ1n) is 6.01. The number of nitro benzene ring substituents is 1. The second-order valence-electron chi connectivity index (χ2n) is 4.23. The number of halogens is 2. The number of anilines is 1. The molecular formula is C14H12F2N2O3. The number of hydrogen-bond donors (Lipinski definition) is 1. The van der Waals surface area contributed by atoms with E-state index in [9.17, 15) is 18.9 Å². The fourth-order valence-electron chi connectivity index (χ4n) is 1.82. The highest BCUT2D eigenvalue weighted by Crippen LogP contribution is 2.29. The summed E-state index contributed by atoms with van der Waals surface area (Å²) in [7, 11) is 1.33. The van der Waals surface area contributed by atoms with Crippen LogP contribution in [0.1, 0.15) is 5.56 Å². The minimum Gasteiger partial charge on any atom is -0.490 e. The summed E-state index contributed by atoms with van der Waals surface area (Å²) in [4.78, 5) is 10.3. The molecule has 2 aromatic rings. The van der Waals surface area contributed by atoms with E-state index in [1.165, 1.54) is 19.2 Å². The van der Waals surface area contributed by atoms with Gasteiger partial charge in [0.15, 0.2) is 5.75 Å². The molecule has 0 aliphatic carbocycles. The Labute approximate surface area is 119 Å². The van der Waals surface area contributed by atoms with Crippen molar-refractivity contribution in [3.05, 3.63) is 63.7 Å². The molecule has 0 atom stereocenters. The zero-order chi connectivity index (χ0) is 15.4. The molecule has 0 aliphatic rings. The minimum atomic E-state index is -0.577. The van der Waals surface area contributed by atoms with Crippen molar-refractivity contribution < 1.29 is 18.4 Å². The molecule has 7 heteroatoms. The van der Waals surface area contributed by atoms with Gasteiger partial charge in [0.1, 0.15) is 11.6 Å². The van der Waals surface area contributed by atoms with Gasteiger partial charge in [-0.3, -0.25) is 10.1 Å². The molecule has 0 saturated heterocycles. The van der Waals surface area contributed by atoms with Gasteiger partial charge < -0.3 is 10.1 Å². The van der Waals surface area contributed by atoms with Gasteiger partial charge in [0.2, 0.25) is 0 Å². The lowest BCUT2D eigenvalue weighted by Crippen LogP contribution is -2.03. The van der Waals surface area contributed by atoms with E-state index in [1.807, 2.05) is 0 Å². The van der Waals surface area contributed by atoms with Gasteiger partial charge in [-0.05, 0) is 30.3 Å². The quantitative estimate of drug-likeness (QED) is 0.677. The van der Waals surface area contributed by atoms with E-state index >= 15 is 0 Å². The molecule has 0 saturated carbocycles. The third kappa shape index (κ3) is 3.44. The number of nitrogens with one attached hydrogen (secondary N) is 1. The first-order valence-corrected chi connectivity index (χ1v) is 6.01. The lowest BCUT2D eigenvalue weighted by atomic mass is 10.2. The van der Waals surface area contributed by atoms with Crippen molar-refractivity contribution in [2.24, 2.45) is 0 Å². The van der Waals surface area contributed by atoms with Gasteiger partial charge in [-0.25, -0.2) is 8.78 Å². The smallest absolute Gasteiger partial charge is 0.312 e. The number of nitrogens with zero attached hydrogens (tertiary/aromatic N) is 1. The highest BCUT2D eigenvalue weighted by molar-refractivity contribution is 5.58. The molecule has 0 fully saturated rings. The Morgan fingerprint density at radius 3 is 2.67 bits per heavy atom. The van der Waals surface area contributed by atoms with Crippen LogP contribution < -0.4 is 10.1 Å². The van der Waals surface area contributed by atoms with Crippen LogP contribution in [0.15, 0.2) is 36.4 Å². The van der Waals surface area contributed by atoms with Gasteiger partial charge in [0.25, 0.3) is 0 Å². The topological polar surface area (TPSA) is 64.4 Å². The van der Waals surface area contributed by atoms with Crippen molar-refractivity contribution in [3.8, 4) is 5.75 Å². The number of nitro groups is 1. The zero-order valence-electron chi connectivity index (χ0n) is 11.1. The summed E-state index contributed by atoms with van der Waals surface area (Å²) >= 11 is 0. The molecule has 0 radical (unpaired) electrons. The van der Waals surface area contributed by atoms with Crippen LogP contribution in [0.3, 0.4) is 0 Å². The van der Waals surface area contributed by atoms with Crippen LogP contribution >= 0.6 is 0 Å². The summed E-state index contributed by atoms with van der Waals surface area (Å²) in [5, 5.41) is 13.7. The van der Waals surface area contributed by atoms with Crippen LogP contribution in [0.2, 0.25) is 0 Å². The Hall–Kier alpha value is -2.70. The summed E-state index contributed by atoms with van der Waals surface area (Å²) in [5.41, 5.74) is 0.335. The van der Waals surface area contributed by atoms with E-state index in [1.54, 1.807) is 6.07 Å². The van der Waals surface area contributed by atoms with Gasteiger partial charge in [0.05, 0.1) is 12.0 Å². The van der Waals surface area contributed by atoms with E-state index in [-0.39, 0.29) is 23.5 Å². The maximum atomic E-state index is 13.5. The summed E-state index contributed by atoms with van der Waals surface area (Å²) in [6.07, 6.45) is 0. The average Bonchev–Trinajstić information content (AvgIpc) is 2.47. The number of benzene rings is 2. The van der Waals surface area contributed by atoms with Gasteiger partial charge in [-0.1, -0.05) is 0 Å². The Kier molecular flexibility index (Phi) is 4.32. The molecule has 0 amide bonds. The van der Waals surface area contributed by atoms with Gasteiger partial charge in [-0.15, -0.1) is 0 Å². The van der Waals surface area contributed by atoms with Crippen molar-refractivity contribution in [1.29, 1.82) is 0 Å². The molecule has 0 bridgehead atoms. The van der Waals surface area contributed by atoms with E-state index in [2.05, 4.69) is 5.32 Å². The zero-order valence-corrected chi connectivity index (χ0v) is 11.1. The number of ether oxygens (including phenoxy) is 1. The summed E-state index contributed by atoms with van der Waals surface area (Å²) in [6, 6.07) is 7.39. The molecule has 0 unspecified atom stereocenters. The third-order valence-corrected chi connectivity index (χ3v) is 2.87. The van der Waals surface area contributed by atoms with Crippen LogP contribution in [0.25, 0.3) is 0 Å². The highest BCUT2D eigenvalue weighted by atomic mass is 19.1. The lowest BCUT2D eigenvalue weighted by molar-refractivity contribution is -0.385. The average molecular weight is 294 g/mol. The molecule has 5 nitrogen and oxygen atoms in total. The SMILES string of the molecule is COc1ccc(NCc2cc(F)ccc2F)cc1[N+](=O)[O-]. The minimum absolute atomic E-state index is 0.00702. The largest absolute Gasteiger partial charge is 0.490 e. The highest BCUT2D eigenvalue weighted by Gasteiger charge is 2.15. The Morgan fingerprint density at radius 1 is 1.24 bits per heavy atom. The standard InChI is InChI=1S/C14H12F2N2O3/c1-21-14-5-3-11(7-13(14)18(19)20)17-8-9-6-10(15)2-4-12(9)16/h2-7,17H,8H2,1H3. The van der Waals surface area contributed by atoms with Crippen molar-refractivity contribution >= 4 is 11.4 Å². The predicted molar refractivity (Wildman–Crippen MR) is 73.3 cm³/mol. The molecule has 2 aromatic carbocycles. The second kappa shape index (κ2) is 6.17. The molecular weight excluding hydrogens is 282 g/mol. The number of hydrogen-bond acceptors (Lipinski definition) is 4. The fraction of sp³-hybridized carbons (Fsp3) is 0.143. The predicted octanol–water partition coefficient (Wildman–Crippen LogP) is 3.49. The van der Waals surface area contributed by atoms with E-state index in [0.29, 0.717) is 5.69 Å². The van der Waals surface area contributed by atoms with Gasteiger partial charge in [-0.2, -0.15) is 0 Å². The van der Waals surface area contributed by atoms with Crippen LogP contribution in [0.5, 0.6) is 5.75 Å². The maximum absolute atomic E-state index is 13.5. The molecule has 2 rings (SSSR count). The van der Waals surface area contributed by atoms with E-state index < -0.39 is 16.6 Å². The summed E-state index contributed by atoms with van der Waals surface area (Å²) in [5.74, 6) is -0.969. The maximum Gasteiger partial charge on any atom is 0.312 e. The molecule has 0 spiro atoms. The third-order valence-electron chi connectivity index (χ3n) is 2.87. The molecule has 110 valence electrons. The fourth-order valence-corrected chi connectivity index (χ4v) is 1.82. The van der Waals surface area contributed by atoms with Crippen LogP contribution in [0.4, 0.5) is 20.2 Å². The van der Waals surface area contributed by atoms with Crippen molar-refractivity contribution in [2.45, 2.75) is 6.54 Å². The lowest BCUT2D eigenvalue weighted by Gasteiger charge is -2.09. The number of methoxy groups -OCH3 is 1. The normalized spacial score (nSPS) is 10.2. The first kappa shape index (κ1) is 14.7. The summed E-state index contributed by atoms with van der Waals surface area (Å²) in [6.45, 7) is 0.00702. The number of rotatable bonds is 5. The summed E-state index contributed by atoms with van der Waals surface area (Å²) < 4.78 is 31.4.